The Labute approximate surface area is 121 Å². The van der Waals surface area contributed by atoms with Gasteiger partial charge in [-0.2, -0.15) is 0 Å². The van der Waals surface area contributed by atoms with E-state index in [-0.39, 0.29) is 11.8 Å². The molecule has 0 bridgehead atoms. The molecule has 3 nitrogen and oxygen atoms in total. The predicted octanol–water partition coefficient (Wildman–Crippen LogP) is 3.18. The lowest BCUT2D eigenvalue weighted by molar-refractivity contribution is 0.0656. The van der Waals surface area contributed by atoms with Crippen molar-refractivity contribution >= 4 is 23.4 Å². The van der Waals surface area contributed by atoms with E-state index in [1.807, 2.05) is 18.2 Å². The Kier molecular flexibility index (Phi) is 3.28. The van der Waals surface area contributed by atoms with Crippen LogP contribution in [-0.2, 0) is 6.42 Å². The zero-order valence-electron chi connectivity index (χ0n) is 10.7. The van der Waals surface area contributed by atoms with Crippen LogP contribution in [0, 0.1) is 0 Å². The van der Waals surface area contributed by atoms with Crippen molar-refractivity contribution in [3.8, 4) is 0 Å². The summed E-state index contributed by atoms with van der Waals surface area (Å²) in [5.74, 6) is -0.430. The molecule has 0 N–H and O–H groups in total. The molecule has 0 radical (unpaired) electrons. The maximum Gasteiger partial charge on any atom is 0.261 e. The van der Waals surface area contributed by atoms with Crippen LogP contribution in [0.15, 0.2) is 48.5 Å². The highest BCUT2D eigenvalue weighted by Crippen LogP contribution is 2.22. The SMILES string of the molecule is O=C1c2ccccc2C(=O)N1CCc1cccc(Cl)c1. The Morgan fingerprint density at radius 2 is 1.55 bits per heavy atom. The predicted molar refractivity (Wildman–Crippen MR) is 77.0 cm³/mol. The highest BCUT2D eigenvalue weighted by atomic mass is 35.5. The molecule has 0 saturated heterocycles. The van der Waals surface area contributed by atoms with Gasteiger partial charge in [0.2, 0.25) is 0 Å². The highest BCUT2D eigenvalue weighted by molar-refractivity contribution is 6.30. The number of amides is 2. The summed E-state index contributed by atoms with van der Waals surface area (Å²) in [7, 11) is 0. The number of nitrogens with zero attached hydrogens (tertiary/aromatic N) is 1. The molecule has 2 aromatic rings. The second-order valence-corrected chi connectivity index (χ2v) is 5.12. The van der Waals surface area contributed by atoms with Crippen LogP contribution in [0.25, 0.3) is 0 Å². The Morgan fingerprint density at radius 1 is 0.900 bits per heavy atom. The van der Waals surface area contributed by atoms with Crippen LogP contribution in [0.3, 0.4) is 0 Å². The molecular weight excluding hydrogens is 274 g/mol. The van der Waals surface area contributed by atoms with E-state index >= 15 is 0 Å². The van der Waals surface area contributed by atoms with Crippen LogP contribution in [0.2, 0.25) is 5.02 Å². The van der Waals surface area contributed by atoms with Crippen molar-refractivity contribution in [3.63, 3.8) is 0 Å². The fraction of sp³-hybridized carbons (Fsp3) is 0.125. The van der Waals surface area contributed by atoms with Gasteiger partial charge >= 0.3 is 0 Å². The molecule has 0 unspecified atom stereocenters. The standard InChI is InChI=1S/C16H12ClNO2/c17-12-5-3-4-11(10-12)8-9-18-15(19)13-6-1-2-7-14(13)16(18)20/h1-7,10H,8-9H2. The number of hydrogen-bond donors (Lipinski definition) is 0. The van der Waals surface area contributed by atoms with Crippen molar-refractivity contribution in [2.24, 2.45) is 0 Å². The first kappa shape index (κ1) is 12.9. The summed E-state index contributed by atoms with van der Waals surface area (Å²) in [6, 6.07) is 14.4. The quantitative estimate of drug-likeness (QED) is 0.812. The molecular formula is C16H12ClNO2. The highest BCUT2D eigenvalue weighted by Gasteiger charge is 2.34. The van der Waals surface area contributed by atoms with Gasteiger partial charge in [-0.25, -0.2) is 0 Å². The summed E-state index contributed by atoms with van der Waals surface area (Å²) in [4.78, 5) is 25.6. The zero-order valence-corrected chi connectivity index (χ0v) is 11.4. The van der Waals surface area contributed by atoms with Crippen molar-refractivity contribution in [3.05, 3.63) is 70.2 Å². The van der Waals surface area contributed by atoms with Gasteiger partial charge in [0.1, 0.15) is 0 Å². The normalized spacial score (nSPS) is 13.8. The van der Waals surface area contributed by atoms with Gasteiger partial charge in [-0.1, -0.05) is 35.9 Å². The number of fused-ring (bicyclic) bond motifs is 1. The molecule has 0 spiro atoms. The minimum absolute atomic E-state index is 0.215. The second-order valence-electron chi connectivity index (χ2n) is 4.69. The summed E-state index contributed by atoms with van der Waals surface area (Å²) < 4.78 is 0. The molecule has 100 valence electrons. The molecule has 4 heteroatoms. The molecule has 0 atom stereocenters. The molecule has 1 aliphatic heterocycles. The third-order valence-corrected chi connectivity index (χ3v) is 3.63. The summed E-state index contributed by atoms with van der Waals surface area (Å²) in [6.07, 6.45) is 0.603. The number of benzene rings is 2. The molecule has 1 aliphatic rings. The first-order chi connectivity index (χ1) is 9.66. The monoisotopic (exact) mass is 285 g/mol. The third kappa shape index (κ3) is 2.21. The van der Waals surface area contributed by atoms with Gasteiger partial charge in [0, 0.05) is 11.6 Å². The molecule has 0 aromatic heterocycles. The van der Waals surface area contributed by atoms with Crippen LogP contribution in [0.5, 0.6) is 0 Å². The minimum Gasteiger partial charge on any atom is -0.274 e. The maximum absolute atomic E-state index is 12.2. The first-order valence-electron chi connectivity index (χ1n) is 6.36. The smallest absolute Gasteiger partial charge is 0.261 e. The van der Waals surface area contributed by atoms with E-state index in [1.54, 1.807) is 30.3 Å². The number of rotatable bonds is 3. The summed E-state index contributed by atoms with van der Waals surface area (Å²) in [5.41, 5.74) is 1.99. The third-order valence-electron chi connectivity index (χ3n) is 3.39. The lowest BCUT2D eigenvalue weighted by atomic mass is 10.1. The van der Waals surface area contributed by atoms with Gasteiger partial charge in [-0.05, 0) is 36.2 Å². The van der Waals surface area contributed by atoms with Gasteiger partial charge in [-0.3, -0.25) is 14.5 Å². The summed E-state index contributed by atoms with van der Waals surface area (Å²) in [6.45, 7) is 0.368. The van der Waals surface area contributed by atoms with Crippen LogP contribution >= 0.6 is 11.6 Å². The molecule has 20 heavy (non-hydrogen) atoms. The molecule has 2 amide bonds. The van der Waals surface area contributed by atoms with Crippen molar-refractivity contribution < 1.29 is 9.59 Å². The first-order valence-corrected chi connectivity index (χ1v) is 6.74. The van der Waals surface area contributed by atoms with Crippen LogP contribution < -0.4 is 0 Å². The second kappa shape index (κ2) is 5.10. The molecule has 3 rings (SSSR count). The van der Waals surface area contributed by atoms with Crippen LogP contribution in [0.4, 0.5) is 0 Å². The average Bonchev–Trinajstić information content (AvgIpc) is 2.70. The van der Waals surface area contributed by atoms with Gasteiger partial charge in [0.25, 0.3) is 11.8 Å². The van der Waals surface area contributed by atoms with E-state index in [0.717, 1.165) is 5.56 Å². The van der Waals surface area contributed by atoms with E-state index < -0.39 is 0 Å². The molecule has 0 aliphatic carbocycles. The fourth-order valence-electron chi connectivity index (χ4n) is 2.38. The van der Waals surface area contributed by atoms with E-state index in [1.165, 1.54) is 4.90 Å². The van der Waals surface area contributed by atoms with E-state index in [9.17, 15) is 9.59 Å². The lowest BCUT2D eigenvalue weighted by Crippen LogP contribution is -2.31. The Hall–Kier alpha value is -2.13. The topological polar surface area (TPSA) is 37.4 Å². The Bertz CT molecular complexity index is 661. The molecule has 0 saturated carbocycles. The molecule has 2 aromatic carbocycles. The Morgan fingerprint density at radius 3 is 2.15 bits per heavy atom. The minimum atomic E-state index is -0.215. The van der Waals surface area contributed by atoms with Crippen molar-refractivity contribution in [2.75, 3.05) is 6.54 Å². The van der Waals surface area contributed by atoms with Gasteiger partial charge in [-0.15, -0.1) is 0 Å². The van der Waals surface area contributed by atoms with Crippen molar-refractivity contribution in [1.82, 2.24) is 4.90 Å². The van der Waals surface area contributed by atoms with E-state index in [4.69, 9.17) is 11.6 Å². The lowest BCUT2D eigenvalue weighted by Gasteiger charge is -2.13. The van der Waals surface area contributed by atoms with E-state index in [2.05, 4.69) is 0 Å². The van der Waals surface area contributed by atoms with Gasteiger partial charge < -0.3 is 0 Å². The van der Waals surface area contributed by atoms with Gasteiger partial charge in [0.15, 0.2) is 0 Å². The molecule has 0 fully saturated rings. The van der Waals surface area contributed by atoms with E-state index in [0.29, 0.717) is 29.1 Å². The van der Waals surface area contributed by atoms with Crippen molar-refractivity contribution in [2.45, 2.75) is 6.42 Å². The van der Waals surface area contributed by atoms with Crippen molar-refractivity contribution in [1.29, 1.82) is 0 Å². The summed E-state index contributed by atoms with van der Waals surface area (Å²) in [5, 5.41) is 0.657. The number of halogens is 1. The van der Waals surface area contributed by atoms with Crippen LogP contribution in [-0.4, -0.2) is 23.3 Å². The maximum atomic E-state index is 12.2. The summed E-state index contributed by atoms with van der Waals surface area (Å²) >= 11 is 5.92. The number of hydrogen-bond acceptors (Lipinski definition) is 2. The fourth-order valence-corrected chi connectivity index (χ4v) is 2.59. The van der Waals surface area contributed by atoms with Gasteiger partial charge in [0.05, 0.1) is 11.1 Å². The average molecular weight is 286 g/mol. The number of carbonyl (C=O) groups excluding carboxylic acids is 2. The number of imide groups is 1. The Balaban J connectivity index is 1.77. The number of carbonyl (C=O) groups is 2. The van der Waals surface area contributed by atoms with Crippen LogP contribution in [0.1, 0.15) is 26.3 Å². The zero-order chi connectivity index (χ0) is 14.1. The molecule has 1 heterocycles. The largest absolute Gasteiger partial charge is 0.274 e.